The van der Waals surface area contributed by atoms with E-state index in [1.165, 1.54) is 19.4 Å². The van der Waals surface area contributed by atoms with Gasteiger partial charge in [0, 0.05) is 37.2 Å². The SMILES string of the molecule is COc1cc(=O)[nH]cc1C(=O)N[C@@H]1CCO[C@H]1c1c(C)nn(C)c1C. The molecule has 3 heterocycles. The molecule has 3 rings (SSSR count). The Morgan fingerprint density at radius 1 is 1.48 bits per heavy atom. The van der Waals surface area contributed by atoms with Gasteiger partial charge in [0.25, 0.3) is 11.5 Å². The van der Waals surface area contributed by atoms with Gasteiger partial charge in [-0.15, -0.1) is 0 Å². The number of methoxy groups -OCH3 is 1. The number of H-pyrrole nitrogens is 1. The van der Waals surface area contributed by atoms with Crippen molar-refractivity contribution in [2.75, 3.05) is 13.7 Å². The first-order valence-corrected chi connectivity index (χ1v) is 8.11. The quantitative estimate of drug-likeness (QED) is 0.860. The molecule has 1 aliphatic rings. The van der Waals surface area contributed by atoms with Gasteiger partial charge in [0.15, 0.2) is 0 Å². The molecule has 2 aromatic rings. The Morgan fingerprint density at radius 3 is 2.88 bits per heavy atom. The average Bonchev–Trinajstić information content (AvgIpc) is 3.11. The lowest BCUT2D eigenvalue weighted by atomic mass is 10.00. The molecule has 1 saturated heterocycles. The summed E-state index contributed by atoms with van der Waals surface area (Å²) in [4.78, 5) is 26.5. The van der Waals surface area contributed by atoms with Gasteiger partial charge in [-0.3, -0.25) is 14.3 Å². The standard InChI is InChI=1S/C17H22N4O4/c1-9-15(10(2)21(3)20-9)16-12(5-6-25-16)19-17(23)11-8-18-14(22)7-13(11)24-4/h7-8,12,16H,5-6H2,1-4H3,(H,18,22)(H,19,23)/t12-,16-/m1/s1. The van der Waals surface area contributed by atoms with E-state index >= 15 is 0 Å². The second-order valence-electron chi connectivity index (χ2n) is 6.15. The highest BCUT2D eigenvalue weighted by Gasteiger charge is 2.35. The third-order valence-electron chi connectivity index (χ3n) is 4.61. The number of rotatable bonds is 4. The summed E-state index contributed by atoms with van der Waals surface area (Å²) >= 11 is 0. The predicted octanol–water partition coefficient (Wildman–Crippen LogP) is 0.994. The molecule has 0 saturated carbocycles. The molecular weight excluding hydrogens is 324 g/mol. The number of aryl methyl sites for hydroxylation is 2. The summed E-state index contributed by atoms with van der Waals surface area (Å²) in [7, 11) is 3.31. The third-order valence-corrected chi connectivity index (χ3v) is 4.61. The van der Waals surface area contributed by atoms with E-state index in [4.69, 9.17) is 9.47 Å². The van der Waals surface area contributed by atoms with E-state index in [2.05, 4.69) is 15.4 Å². The first-order valence-electron chi connectivity index (χ1n) is 8.11. The molecule has 0 aromatic carbocycles. The highest BCUT2D eigenvalue weighted by atomic mass is 16.5. The van der Waals surface area contributed by atoms with E-state index in [1.54, 1.807) is 0 Å². The number of nitrogens with zero attached hydrogens (tertiary/aromatic N) is 2. The summed E-state index contributed by atoms with van der Waals surface area (Å²) in [6, 6.07) is 1.08. The van der Waals surface area contributed by atoms with Crippen molar-refractivity contribution in [1.82, 2.24) is 20.1 Å². The second kappa shape index (κ2) is 6.72. The number of amides is 1. The van der Waals surface area contributed by atoms with Gasteiger partial charge in [0.05, 0.1) is 24.4 Å². The van der Waals surface area contributed by atoms with E-state index in [9.17, 15) is 9.59 Å². The van der Waals surface area contributed by atoms with Crippen LogP contribution in [-0.2, 0) is 11.8 Å². The lowest BCUT2D eigenvalue weighted by molar-refractivity contribution is 0.0814. The molecule has 1 aliphatic heterocycles. The van der Waals surface area contributed by atoms with Gasteiger partial charge in [0.2, 0.25) is 0 Å². The highest BCUT2D eigenvalue weighted by Crippen LogP contribution is 2.33. The number of carbonyl (C=O) groups excluding carboxylic acids is 1. The van der Waals surface area contributed by atoms with Crippen molar-refractivity contribution in [2.45, 2.75) is 32.4 Å². The molecule has 0 unspecified atom stereocenters. The van der Waals surface area contributed by atoms with Crippen LogP contribution in [0, 0.1) is 13.8 Å². The Bertz CT molecular complexity index is 855. The van der Waals surface area contributed by atoms with Gasteiger partial charge in [-0.25, -0.2) is 0 Å². The van der Waals surface area contributed by atoms with E-state index in [0.29, 0.717) is 13.0 Å². The highest BCUT2D eigenvalue weighted by molar-refractivity contribution is 5.96. The van der Waals surface area contributed by atoms with Crippen LogP contribution in [0.3, 0.4) is 0 Å². The van der Waals surface area contributed by atoms with Crippen molar-refractivity contribution in [2.24, 2.45) is 7.05 Å². The Labute approximate surface area is 145 Å². The van der Waals surface area contributed by atoms with Crippen LogP contribution in [0.25, 0.3) is 0 Å². The molecular formula is C17H22N4O4. The summed E-state index contributed by atoms with van der Waals surface area (Å²) in [6.45, 7) is 4.49. The second-order valence-corrected chi connectivity index (χ2v) is 6.15. The van der Waals surface area contributed by atoms with Crippen molar-refractivity contribution in [1.29, 1.82) is 0 Å². The summed E-state index contributed by atoms with van der Waals surface area (Å²) in [5.41, 5.74) is 2.89. The van der Waals surface area contributed by atoms with E-state index in [-0.39, 0.29) is 34.9 Å². The van der Waals surface area contributed by atoms with Gasteiger partial charge >= 0.3 is 0 Å². The molecule has 2 N–H and O–H groups in total. The number of carbonyl (C=O) groups is 1. The van der Waals surface area contributed by atoms with Crippen LogP contribution >= 0.6 is 0 Å². The van der Waals surface area contributed by atoms with Crippen molar-refractivity contribution in [3.8, 4) is 5.75 Å². The van der Waals surface area contributed by atoms with Gasteiger partial charge in [-0.1, -0.05) is 0 Å². The number of aromatic amines is 1. The van der Waals surface area contributed by atoms with Crippen LogP contribution in [0.5, 0.6) is 5.75 Å². The predicted molar refractivity (Wildman–Crippen MR) is 90.9 cm³/mol. The largest absolute Gasteiger partial charge is 0.496 e. The van der Waals surface area contributed by atoms with Crippen LogP contribution in [0.1, 0.15) is 39.8 Å². The maximum absolute atomic E-state index is 12.7. The zero-order valence-electron chi connectivity index (χ0n) is 14.8. The topological polar surface area (TPSA) is 98.2 Å². The van der Waals surface area contributed by atoms with Gasteiger partial charge in [-0.2, -0.15) is 5.10 Å². The lowest BCUT2D eigenvalue weighted by Gasteiger charge is -2.21. The molecule has 8 heteroatoms. The van der Waals surface area contributed by atoms with Gasteiger partial charge < -0.3 is 19.8 Å². The van der Waals surface area contributed by atoms with Gasteiger partial charge in [-0.05, 0) is 20.3 Å². The molecule has 2 aromatic heterocycles. The molecule has 0 aliphatic carbocycles. The zero-order chi connectivity index (χ0) is 18.1. The number of nitrogens with one attached hydrogen (secondary N) is 2. The minimum absolute atomic E-state index is 0.175. The summed E-state index contributed by atoms with van der Waals surface area (Å²) in [5, 5.41) is 7.43. The molecule has 1 fully saturated rings. The Hall–Kier alpha value is -2.61. The van der Waals surface area contributed by atoms with Crippen LogP contribution in [0.15, 0.2) is 17.1 Å². The molecule has 0 spiro atoms. The number of ether oxygens (including phenoxy) is 2. The first kappa shape index (κ1) is 17.2. The fourth-order valence-corrected chi connectivity index (χ4v) is 3.27. The smallest absolute Gasteiger partial charge is 0.256 e. The fraction of sp³-hybridized carbons (Fsp3) is 0.471. The molecule has 0 bridgehead atoms. The maximum Gasteiger partial charge on any atom is 0.256 e. The molecule has 25 heavy (non-hydrogen) atoms. The fourth-order valence-electron chi connectivity index (χ4n) is 3.27. The molecule has 2 atom stereocenters. The number of pyridine rings is 1. The maximum atomic E-state index is 12.7. The van der Waals surface area contributed by atoms with Gasteiger partial charge in [0.1, 0.15) is 11.9 Å². The monoisotopic (exact) mass is 346 g/mol. The molecule has 1 amide bonds. The number of hydrogen-bond acceptors (Lipinski definition) is 5. The van der Waals surface area contributed by atoms with Crippen LogP contribution < -0.4 is 15.6 Å². The lowest BCUT2D eigenvalue weighted by Crippen LogP contribution is -2.37. The van der Waals surface area contributed by atoms with Crippen LogP contribution in [0.4, 0.5) is 0 Å². The summed E-state index contributed by atoms with van der Waals surface area (Å²) < 4.78 is 12.8. The van der Waals surface area contributed by atoms with Crippen molar-refractivity contribution < 1.29 is 14.3 Å². The molecule has 134 valence electrons. The molecule has 0 radical (unpaired) electrons. The van der Waals surface area contributed by atoms with Crippen molar-refractivity contribution >= 4 is 5.91 Å². The number of aromatic nitrogens is 3. The summed E-state index contributed by atoms with van der Waals surface area (Å²) in [6.07, 6.45) is 1.82. The third kappa shape index (κ3) is 3.17. The van der Waals surface area contributed by atoms with E-state index < -0.39 is 0 Å². The van der Waals surface area contributed by atoms with E-state index in [1.807, 2.05) is 25.6 Å². The average molecular weight is 346 g/mol. The Kier molecular flexibility index (Phi) is 4.63. The minimum atomic E-state index is -0.322. The Balaban J connectivity index is 1.84. The first-order chi connectivity index (χ1) is 11.9. The van der Waals surface area contributed by atoms with Crippen LogP contribution in [-0.4, -0.2) is 40.4 Å². The zero-order valence-corrected chi connectivity index (χ0v) is 14.8. The number of hydrogen-bond donors (Lipinski definition) is 2. The summed E-state index contributed by atoms with van der Waals surface area (Å²) in [5.74, 6) is -0.0711. The normalized spacial score (nSPS) is 19.8. The molecule has 8 nitrogen and oxygen atoms in total. The van der Waals surface area contributed by atoms with Crippen LogP contribution in [0.2, 0.25) is 0 Å². The van der Waals surface area contributed by atoms with Crippen molar-refractivity contribution in [3.63, 3.8) is 0 Å². The van der Waals surface area contributed by atoms with E-state index in [0.717, 1.165) is 17.0 Å². The van der Waals surface area contributed by atoms with Crippen molar-refractivity contribution in [3.05, 3.63) is 45.1 Å². The minimum Gasteiger partial charge on any atom is -0.496 e. The Morgan fingerprint density at radius 2 is 2.24 bits per heavy atom.